The van der Waals surface area contributed by atoms with Crippen LogP contribution in [0.25, 0.3) is 0 Å². The quantitative estimate of drug-likeness (QED) is 0.790. The van der Waals surface area contributed by atoms with E-state index in [4.69, 9.17) is 0 Å². The van der Waals surface area contributed by atoms with Crippen LogP contribution in [-0.2, 0) is 4.79 Å². The Bertz CT molecular complexity index is 238. The highest BCUT2D eigenvalue weighted by Gasteiger charge is 2.19. The molecule has 1 heterocycles. The zero-order chi connectivity index (χ0) is 12.8. The highest BCUT2D eigenvalue weighted by atomic mass is 79.9. The molecule has 1 atom stereocenters. The van der Waals surface area contributed by atoms with Crippen molar-refractivity contribution >= 4 is 21.8 Å². The average molecular weight is 305 g/mol. The minimum atomic E-state index is -0.0556. The summed E-state index contributed by atoms with van der Waals surface area (Å²) >= 11 is 3.42. The Kier molecular flexibility index (Phi) is 6.49. The smallest absolute Gasteiger partial charge is 0.234 e. The molecule has 1 N–H and O–H groups in total. The number of likely N-dealkylation sites (tertiary alicyclic amines) is 1. The van der Waals surface area contributed by atoms with E-state index >= 15 is 0 Å². The first-order chi connectivity index (χ1) is 8.00. The molecular formula is C13H25BrN2O. The number of nitrogens with zero attached hydrogens (tertiary/aromatic N) is 1. The zero-order valence-electron chi connectivity index (χ0n) is 11.2. The molecule has 1 saturated heterocycles. The van der Waals surface area contributed by atoms with Crippen molar-refractivity contribution in [3.05, 3.63) is 0 Å². The number of alkyl halides is 1. The van der Waals surface area contributed by atoms with Gasteiger partial charge in [0.25, 0.3) is 0 Å². The van der Waals surface area contributed by atoms with Crippen LogP contribution in [0.4, 0.5) is 0 Å². The Hall–Kier alpha value is -0.0900. The van der Waals surface area contributed by atoms with Gasteiger partial charge in [0.15, 0.2) is 0 Å². The molecule has 0 spiro atoms. The first-order valence-electron chi connectivity index (χ1n) is 6.61. The lowest BCUT2D eigenvalue weighted by molar-refractivity contribution is -0.121. The second-order valence-electron chi connectivity index (χ2n) is 5.47. The van der Waals surface area contributed by atoms with E-state index in [1.807, 2.05) is 0 Å². The molecule has 1 unspecified atom stereocenters. The van der Waals surface area contributed by atoms with Crippen LogP contribution in [0.15, 0.2) is 0 Å². The summed E-state index contributed by atoms with van der Waals surface area (Å²) in [7, 11) is 2.18. The molecule has 0 aromatic rings. The van der Waals surface area contributed by atoms with E-state index in [1.165, 1.54) is 25.9 Å². The summed E-state index contributed by atoms with van der Waals surface area (Å²) < 4.78 is 0. The lowest BCUT2D eigenvalue weighted by Crippen LogP contribution is -2.36. The van der Waals surface area contributed by atoms with Crippen LogP contribution in [-0.4, -0.2) is 42.3 Å². The van der Waals surface area contributed by atoms with Crippen molar-refractivity contribution in [2.45, 2.75) is 37.9 Å². The van der Waals surface area contributed by atoms with Crippen LogP contribution < -0.4 is 5.32 Å². The summed E-state index contributed by atoms with van der Waals surface area (Å²) in [5.74, 6) is 1.27. The predicted octanol–water partition coefficient (Wildman–Crippen LogP) is 2.25. The van der Waals surface area contributed by atoms with E-state index in [0.29, 0.717) is 5.92 Å². The Morgan fingerprint density at radius 3 is 2.53 bits per heavy atom. The molecule has 100 valence electrons. The molecule has 1 aliphatic heterocycles. The fourth-order valence-electron chi connectivity index (χ4n) is 2.15. The van der Waals surface area contributed by atoms with Crippen LogP contribution in [0.2, 0.25) is 0 Å². The fourth-order valence-corrected chi connectivity index (χ4v) is 2.31. The van der Waals surface area contributed by atoms with Crippen molar-refractivity contribution in [1.82, 2.24) is 10.2 Å². The Morgan fingerprint density at radius 2 is 2.00 bits per heavy atom. The van der Waals surface area contributed by atoms with E-state index in [1.54, 1.807) is 0 Å². The van der Waals surface area contributed by atoms with Crippen molar-refractivity contribution in [3.8, 4) is 0 Å². The van der Waals surface area contributed by atoms with Crippen LogP contribution >= 0.6 is 15.9 Å². The number of hydrogen-bond acceptors (Lipinski definition) is 2. The van der Waals surface area contributed by atoms with Crippen LogP contribution in [0.3, 0.4) is 0 Å². The van der Waals surface area contributed by atoms with Crippen molar-refractivity contribution in [1.29, 1.82) is 0 Å². The normalized spacial score (nSPS) is 20.5. The molecular weight excluding hydrogens is 280 g/mol. The number of rotatable bonds is 5. The highest BCUT2D eigenvalue weighted by Crippen LogP contribution is 2.19. The fraction of sp³-hybridized carbons (Fsp3) is 0.923. The largest absolute Gasteiger partial charge is 0.355 e. The summed E-state index contributed by atoms with van der Waals surface area (Å²) in [6, 6.07) is 0. The topological polar surface area (TPSA) is 32.3 Å². The molecule has 0 aromatic carbocycles. The molecule has 0 bridgehead atoms. The van der Waals surface area contributed by atoms with E-state index in [0.717, 1.165) is 18.9 Å². The maximum absolute atomic E-state index is 11.7. The Morgan fingerprint density at radius 1 is 1.41 bits per heavy atom. The SMILES string of the molecule is CC(C)C(Br)C(=O)NCCC1CCN(C)CC1. The van der Waals surface area contributed by atoms with E-state index in [2.05, 4.69) is 47.0 Å². The van der Waals surface area contributed by atoms with Gasteiger partial charge >= 0.3 is 0 Å². The molecule has 1 aliphatic rings. The van der Waals surface area contributed by atoms with Crippen molar-refractivity contribution in [2.24, 2.45) is 11.8 Å². The summed E-state index contributed by atoms with van der Waals surface area (Å²) in [4.78, 5) is 14.0. The molecule has 0 aliphatic carbocycles. The van der Waals surface area contributed by atoms with Crippen LogP contribution in [0.5, 0.6) is 0 Å². The summed E-state index contributed by atoms with van der Waals surface area (Å²) in [6.07, 6.45) is 3.67. The van der Waals surface area contributed by atoms with Gasteiger partial charge in [0.1, 0.15) is 0 Å². The molecule has 0 aromatic heterocycles. The minimum absolute atomic E-state index is 0.0556. The molecule has 3 nitrogen and oxygen atoms in total. The third kappa shape index (κ3) is 5.38. The second kappa shape index (κ2) is 7.37. The van der Waals surface area contributed by atoms with Crippen LogP contribution in [0, 0.1) is 11.8 Å². The zero-order valence-corrected chi connectivity index (χ0v) is 12.8. The average Bonchev–Trinajstić information content (AvgIpc) is 2.30. The van der Waals surface area contributed by atoms with Crippen LogP contribution in [0.1, 0.15) is 33.1 Å². The summed E-state index contributed by atoms with van der Waals surface area (Å²) in [5.41, 5.74) is 0. The summed E-state index contributed by atoms with van der Waals surface area (Å²) in [5, 5.41) is 3.02. The van der Waals surface area contributed by atoms with Gasteiger partial charge in [0, 0.05) is 6.54 Å². The molecule has 4 heteroatoms. The molecule has 0 radical (unpaired) electrons. The maximum Gasteiger partial charge on any atom is 0.234 e. The predicted molar refractivity (Wildman–Crippen MR) is 75.4 cm³/mol. The third-order valence-electron chi connectivity index (χ3n) is 3.53. The van der Waals surface area contributed by atoms with Crippen molar-refractivity contribution in [3.63, 3.8) is 0 Å². The Balaban J connectivity index is 2.13. The third-order valence-corrected chi connectivity index (χ3v) is 5.00. The molecule has 1 amide bonds. The van der Waals surface area contributed by atoms with Gasteiger partial charge in [-0.15, -0.1) is 0 Å². The Labute approximate surface area is 113 Å². The number of amides is 1. The minimum Gasteiger partial charge on any atom is -0.355 e. The number of halogens is 1. The molecule has 1 fully saturated rings. The van der Waals surface area contributed by atoms with Gasteiger partial charge in [-0.05, 0) is 51.2 Å². The highest BCUT2D eigenvalue weighted by molar-refractivity contribution is 9.10. The monoisotopic (exact) mass is 304 g/mol. The summed E-state index contributed by atoms with van der Waals surface area (Å²) in [6.45, 7) is 7.32. The van der Waals surface area contributed by atoms with Gasteiger partial charge in [-0.25, -0.2) is 0 Å². The molecule has 0 saturated carbocycles. The van der Waals surface area contributed by atoms with E-state index < -0.39 is 0 Å². The van der Waals surface area contributed by atoms with Crippen molar-refractivity contribution in [2.75, 3.05) is 26.7 Å². The number of hydrogen-bond donors (Lipinski definition) is 1. The first-order valence-corrected chi connectivity index (χ1v) is 7.52. The van der Waals surface area contributed by atoms with Gasteiger partial charge in [0.2, 0.25) is 5.91 Å². The first kappa shape index (κ1) is 15.0. The number of carbonyl (C=O) groups excluding carboxylic acids is 1. The lowest BCUT2D eigenvalue weighted by Gasteiger charge is -2.29. The van der Waals surface area contributed by atoms with Gasteiger partial charge in [0.05, 0.1) is 4.83 Å². The van der Waals surface area contributed by atoms with E-state index in [-0.39, 0.29) is 10.7 Å². The number of piperidine rings is 1. The van der Waals surface area contributed by atoms with Gasteiger partial charge < -0.3 is 10.2 Å². The van der Waals surface area contributed by atoms with Gasteiger partial charge in [-0.1, -0.05) is 29.8 Å². The standard InChI is InChI=1S/C13H25BrN2O/c1-10(2)12(14)13(17)15-7-4-11-5-8-16(3)9-6-11/h10-12H,4-9H2,1-3H3,(H,15,17). The van der Waals surface area contributed by atoms with Gasteiger partial charge in [-0.3, -0.25) is 4.79 Å². The van der Waals surface area contributed by atoms with Gasteiger partial charge in [-0.2, -0.15) is 0 Å². The molecule has 17 heavy (non-hydrogen) atoms. The number of carbonyl (C=O) groups is 1. The second-order valence-corrected chi connectivity index (χ2v) is 6.46. The lowest BCUT2D eigenvalue weighted by atomic mass is 9.94. The number of nitrogens with one attached hydrogen (secondary N) is 1. The maximum atomic E-state index is 11.7. The molecule has 1 rings (SSSR count). The van der Waals surface area contributed by atoms with E-state index in [9.17, 15) is 4.79 Å². The van der Waals surface area contributed by atoms with Crippen molar-refractivity contribution < 1.29 is 4.79 Å².